The Morgan fingerprint density at radius 2 is 1.80 bits per heavy atom. The highest BCUT2D eigenvalue weighted by Gasteiger charge is 2.36. The molecular weight excluding hydrogens is 331 g/mol. The van der Waals surface area contributed by atoms with Crippen molar-refractivity contribution in [1.82, 2.24) is 9.97 Å². The van der Waals surface area contributed by atoms with E-state index in [9.17, 15) is 13.2 Å². The standard InChI is InChI=1S/C18H22F3N3O/c1-4-5-6-11-25-16-15(18(19,20)21)12-22-17(23-16)24(3)14-9-7-13(2)8-10-14/h7-10,12H,4-6,11H2,1-3H3. The zero-order valence-corrected chi connectivity index (χ0v) is 14.6. The minimum atomic E-state index is -4.55. The van der Waals surface area contributed by atoms with Gasteiger partial charge >= 0.3 is 6.18 Å². The van der Waals surface area contributed by atoms with Gasteiger partial charge in [0.1, 0.15) is 5.56 Å². The molecule has 0 unspecified atom stereocenters. The fourth-order valence-electron chi connectivity index (χ4n) is 2.23. The van der Waals surface area contributed by atoms with Crippen molar-refractivity contribution in [3.8, 4) is 5.88 Å². The van der Waals surface area contributed by atoms with Crippen LogP contribution < -0.4 is 9.64 Å². The van der Waals surface area contributed by atoms with E-state index in [1.165, 1.54) is 0 Å². The molecule has 0 radical (unpaired) electrons. The number of unbranched alkanes of at least 4 members (excludes halogenated alkanes) is 2. The monoisotopic (exact) mass is 353 g/mol. The van der Waals surface area contributed by atoms with E-state index >= 15 is 0 Å². The van der Waals surface area contributed by atoms with Gasteiger partial charge in [-0.15, -0.1) is 0 Å². The lowest BCUT2D eigenvalue weighted by molar-refractivity contribution is -0.139. The van der Waals surface area contributed by atoms with Crippen molar-refractivity contribution in [3.05, 3.63) is 41.6 Å². The Morgan fingerprint density at radius 1 is 1.12 bits per heavy atom. The third-order valence-electron chi connectivity index (χ3n) is 3.75. The summed E-state index contributed by atoms with van der Waals surface area (Å²) in [4.78, 5) is 9.50. The molecule has 2 aromatic rings. The van der Waals surface area contributed by atoms with Gasteiger partial charge in [-0.25, -0.2) is 4.98 Å². The second-order valence-corrected chi connectivity index (χ2v) is 5.84. The summed E-state index contributed by atoms with van der Waals surface area (Å²) in [6, 6.07) is 7.55. The summed E-state index contributed by atoms with van der Waals surface area (Å²) in [6.07, 6.45) is -1.24. The molecule has 1 aromatic heterocycles. The maximum absolute atomic E-state index is 13.2. The van der Waals surface area contributed by atoms with Crippen LogP contribution in [0.1, 0.15) is 37.3 Å². The SMILES string of the molecule is CCCCCOc1nc(N(C)c2ccc(C)cc2)ncc1C(F)(F)F. The van der Waals surface area contributed by atoms with Gasteiger partial charge in [-0.1, -0.05) is 37.5 Å². The smallest absolute Gasteiger partial charge is 0.423 e. The van der Waals surface area contributed by atoms with Crippen molar-refractivity contribution in [2.75, 3.05) is 18.6 Å². The van der Waals surface area contributed by atoms with Crippen molar-refractivity contribution in [2.24, 2.45) is 0 Å². The Bertz CT molecular complexity index is 687. The molecule has 0 aliphatic rings. The van der Waals surface area contributed by atoms with Gasteiger partial charge in [-0.3, -0.25) is 0 Å². The number of hydrogen-bond donors (Lipinski definition) is 0. The minimum absolute atomic E-state index is 0.155. The molecule has 0 amide bonds. The van der Waals surface area contributed by atoms with E-state index in [-0.39, 0.29) is 12.6 Å². The van der Waals surface area contributed by atoms with Crippen LogP contribution in [-0.4, -0.2) is 23.6 Å². The summed E-state index contributed by atoms with van der Waals surface area (Å²) in [5.41, 5.74) is 0.915. The summed E-state index contributed by atoms with van der Waals surface area (Å²) in [7, 11) is 1.70. The van der Waals surface area contributed by atoms with Crippen LogP contribution in [0.15, 0.2) is 30.5 Å². The third-order valence-corrected chi connectivity index (χ3v) is 3.75. The second kappa shape index (κ2) is 8.18. The average Bonchev–Trinajstić information content (AvgIpc) is 2.58. The third kappa shape index (κ3) is 5.08. The van der Waals surface area contributed by atoms with Crippen molar-refractivity contribution < 1.29 is 17.9 Å². The highest BCUT2D eigenvalue weighted by atomic mass is 19.4. The van der Waals surface area contributed by atoms with Crippen LogP contribution in [0, 0.1) is 6.92 Å². The minimum Gasteiger partial charge on any atom is -0.477 e. The summed E-state index contributed by atoms with van der Waals surface area (Å²) < 4.78 is 44.8. The van der Waals surface area contributed by atoms with Crippen LogP contribution in [0.2, 0.25) is 0 Å². The zero-order chi connectivity index (χ0) is 18.4. The molecule has 0 aliphatic carbocycles. The number of rotatable bonds is 7. The van der Waals surface area contributed by atoms with Crippen LogP contribution >= 0.6 is 0 Å². The molecule has 1 heterocycles. The van der Waals surface area contributed by atoms with Gasteiger partial charge in [-0.2, -0.15) is 18.2 Å². The van der Waals surface area contributed by atoms with Crippen molar-refractivity contribution >= 4 is 11.6 Å². The lowest BCUT2D eigenvalue weighted by Crippen LogP contribution is -2.17. The number of anilines is 2. The highest BCUT2D eigenvalue weighted by molar-refractivity contribution is 5.57. The van der Waals surface area contributed by atoms with E-state index in [1.54, 1.807) is 11.9 Å². The molecule has 0 fully saturated rings. The number of hydrogen-bond acceptors (Lipinski definition) is 4. The van der Waals surface area contributed by atoms with Gasteiger partial charge in [0, 0.05) is 18.9 Å². The molecule has 0 atom stereocenters. The first kappa shape index (κ1) is 19.0. The number of aryl methyl sites for hydroxylation is 1. The van der Waals surface area contributed by atoms with Crippen molar-refractivity contribution in [3.63, 3.8) is 0 Å². The number of halogens is 3. The average molecular weight is 353 g/mol. The van der Waals surface area contributed by atoms with Crippen LogP contribution in [0.25, 0.3) is 0 Å². The van der Waals surface area contributed by atoms with Gasteiger partial charge < -0.3 is 9.64 Å². The van der Waals surface area contributed by atoms with E-state index in [2.05, 4.69) is 9.97 Å². The predicted molar refractivity (Wildman–Crippen MR) is 91.3 cm³/mol. The number of aromatic nitrogens is 2. The Labute approximate surface area is 145 Å². The molecule has 0 saturated carbocycles. The van der Waals surface area contributed by atoms with Crippen molar-refractivity contribution in [2.45, 2.75) is 39.3 Å². The molecule has 136 valence electrons. The molecule has 0 spiro atoms. The quantitative estimate of drug-likeness (QED) is 0.646. The van der Waals surface area contributed by atoms with E-state index in [0.717, 1.165) is 30.3 Å². The topological polar surface area (TPSA) is 38.2 Å². The largest absolute Gasteiger partial charge is 0.477 e. The fraction of sp³-hybridized carbons (Fsp3) is 0.444. The van der Waals surface area contributed by atoms with Crippen LogP contribution in [-0.2, 0) is 6.18 Å². The molecule has 7 heteroatoms. The number of nitrogens with zero attached hydrogens (tertiary/aromatic N) is 3. The number of alkyl halides is 3. The Kier molecular flexibility index (Phi) is 6.22. The predicted octanol–water partition coefficient (Wildman–Crippen LogP) is 5.14. The molecule has 0 bridgehead atoms. The van der Waals surface area contributed by atoms with Crippen LogP contribution in [0.5, 0.6) is 5.88 Å². The van der Waals surface area contributed by atoms with Gasteiger partial charge in [0.25, 0.3) is 0 Å². The number of benzene rings is 1. The molecular formula is C18H22F3N3O. The highest BCUT2D eigenvalue weighted by Crippen LogP contribution is 2.36. The van der Waals surface area contributed by atoms with E-state index in [1.807, 2.05) is 38.1 Å². The van der Waals surface area contributed by atoms with E-state index in [0.29, 0.717) is 6.42 Å². The van der Waals surface area contributed by atoms with Crippen LogP contribution in [0.3, 0.4) is 0 Å². The summed E-state index contributed by atoms with van der Waals surface area (Å²) >= 11 is 0. The molecule has 0 N–H and O–H groups in total. The lowest BCUT2D eigenvalue weighted by atomic mass is 10.2. The van der Waals surface area contributed by atoms with Crippen LogP contribution in [0.4, 0.5) is 24.8 Å². The maximum atomic E-state index is 13.2. The molecule has 0 aliphatic heterocycles. The zero-order valence-electron chi connectivity index (χ0n) is 14.6. The Hall–Kier alpha value is -2.31. The maximum Gasteiger partial charge on any atom is 0.423 e. The number of ether oxygens (including phenoxy) is 1. The van der Waals surface area contributed by atoms with Crippen molar-refractivity contribution in [1.29, 1.82) is 0 Å². The first-order chi connectivity index (χ1) is 11.8. The second-order valence-electron chi connectivity index (χ2n) is 5.84. The molecule has 25 heavy (non-hydrogen) atoms. The summed E-state index contributed by atoms with van der Waals surface area (Å²) in [5.74, 6) is -0.269. The van der Waals surface area contributed by atoms with E-state index in [4.69, 9.17) is 4.74 Å². The molecule has 1 aromatic carbocycles. The molecule has 0 saturated heterocycles. The molecule has 2 rings (SSSR count). The Balaban J connectivity index is 2.28. The van der Waals surface area contributed by atoms with Gasteiger partial charge in [-0.05, 0) is 25.5 Å². The van der Waals surface area contributed by atoms with E-state index < -0.39 is 17.6 Å². The van der Waals surface area contributed by atoms with Gasteiger partial charge in [0.05, 0.1) is 6.61 Å². The first-order valence-corrected chi connectivity index (χ1v) is 8.20. The summed E-state index contributed by atoms with van der Waals surface area (Å²) in [6.45, 7) is 4.17. The normalized spacial score (nSPS) is 11.4. The summed E-state index contributed by atoms with van der Waals surface area (Å²) in [5, 5.41) is 0. The molecule has 4 nitrogen and oxygen atoms in total. The van der Waals surface area contributed by atoms with Gasteiger partial charge in [0.2, 0.25) is 11.8 Å². The van der Waals surface area contributed by atoms with Gasteiger partial charge in [0.15, 0.2) is 0 Å². The lowest BCUT2D eigenvalue weighted by Gasteiger charge is -2.19. The fourth-order valence-corrected chi connectivity index (χ4v) is 2.23. The first-order valence-electron chi connectivity index (χ1n) is 8.20. The Morgan fingerprint density at radius 3 is 2.40 bits per heavy atom.